The third-order valence-corrected chi connectivity index (χ3v) is 6.07. The van der Waals surface area contributed by atoms with Gasteiger partial charge in [0, 0.05) is 31.3 Å². The van der Waals surface area contributed by atoms with Crippen molar-refractivity contribution in [2.45, 2.75) is 25.8 Å². The van der Waals surface area contributed by atoms with Crippen molar-refractivity contribution < 1.29 is 38.2 Å². The molecule has 2 aromatic carbocycles. The van der Waals surface area contributed by atoms with Gasteiger partial charge in [-0.25, -0.2) is 0 Å². The van der Waals surface area contributed by atoms with Gasteiger partial charge in [-0.15, -0.1) is 0 Å². The summed E-state index contributed by atoms with van der Waals surface area (Å²) in [6, 6.07) is 10.9. The van der Waals surface area contributed by atoms with Crippen LogP contribution < -0.4 is 20.7 Å². The van der Waals surface area contributed by atoms with Gasteiger partial charge in [0.15, 0.2) is 0 Å². The van der Waals surface area contributed by atoms with E-state index in [1.807, 2.05) is 0 Å². The molecule has 0 aliphatic carbocycles. The van der Waals surface area contributed by atoms with Crippen LogP contribution in [0.1, 0.15) is 40.5 Å². The van der Waals surface area contributed by atoms with Crippen LogP contribution in [0, 0.1) is 0 Å². The molecule has 39 heavy (non-hydrogen) atoms. The van der Waals surface area contributed by atoms with Gasteiger partial charge < -0.3 is 24.8 Å². The molecule has 1 fully saturated rings. The Hall–Kier alpha value is -4.29. The molecule has 0 bridgehead atoms. The lowest BCUT2D eigenvalue weighted by molar-refractivity contribution is -0.136. The quantitative estimate of drug-likeness (QED) is 0.255. The molecule has 2 aliphatic heterocycles. The first-order valence-corrected chi connectivity index (χ1v) is 12.6. The second-order valence-electron chi connectivity index (χ2n) is 8.88. The van der Waals surface area contributed by atoms with Gasteiger partial charge in [-0.3, -0.25) is 34.2 Å². The van der Waals surface area contributed by atoms with E-state index in [-0.39, 0.29) is 29.9 Å². The number of piperidine rings is 1. The van der Waals surface area contributed by atoms with Gasteiger partial charge in [0.05, 0.1) is 37.6 Å². The van der Waals surface area contributed by atoms with Crippen LogP contribution in [0.3, 0.4) is 0 Å². The number of nitrogens with zero attached hydrogens (tertiary/aromatic N) is 1. The van der Waals surface area contributed by atoms with Crippen LogP contribution in [-0.2, 0) is 23.9 Å². The summed E-state index contributed by atoms with van der Waals surface area (Å²) in [5.41, 5.74) is 1.60. The lowest BCUT2D eigenvalue weighted by Crippen LogP contribution is -2.54. The monoisotopic (exact) mass is 538 g/mol. The van der Waals surface area contributed by atoms with E-state index < -0.39 is 29.7 Å². The van der Waals surface area contributed by atoms with Crippen LogP contribution in [0.15, 0.2) is 42.5 Å². The van der Waals surface area contributed by atoms with Crippen LogP contribution in [0.2, 0.25) is 0 Å². The minimum atomic E-state index is -1.01. The van der Waals surface area contributed by atoms with Crippen LogP contribution in [0.25, 0.3) is 0 Å². The number of imide groups is 2. The van der Waals surface area contributed by atoms with E-state index in [1.165, 1.54) is 6.92 Å². The van der Waals surface area contributed by atoms with E-state index in [2.05, 4.69) is 16.0 Å². The highest BCUT2D eigenvalue weighted by atomic mass is 16.5. The first-order valence-electron chi connectivity index (χ1n) is 12.6. The maximum Gasteiger partial charge on any atom is 0.264 e. The van der Waals surface area contributed by atoms with Crippen molar-refractivity contribution in [3.05, 3.63) is 53.6 Å². The first kappa shape index (κ1) is 27.7. The number of fused-ring (bicyclic) bond motifs is 1. The maximum absolute atomic E-state index is 13.1. The highest BCUT2D eigenvalue weighted by Crippen LogP contribution is 2.32. The minimum Gasteiger partial charge on any atom is -0.491 e. The largest absolute Gasteiger partial charge is 0.491 e. The molecule has 1 saturated heterocycles. The van der Waals surface area contributed by atoms with Gasteiger partial charge in [-0.05, 0) is 42.8 Å². The van der Waals surface area contributed by atoms with Crippen molar-refractivity contribution in [3.8, 4) is 5.75 Å². The molecule has 2 aliphatic rings. The van der Waals surface area contributed by atoms with Gasteiger partial charge in [0.2, 0.25) is 17.7 Å². The van der Waals surface area contributed by atoms with Crippen molar-refractivity contribution in [2.75, 3.05) is 50.2 Å². The summed E-state index contributed by atoms with van der Waals surface area (Å²) in [6.45, 7) is 3.65. The van der Waals surface area contributed by atoms with Crippen molar-refractivity contribution >= 4 is 40.9 Å². The van der Waals surface area contributed by atoms with Gasteiger partial charge in [0.1, 0.15) is 18.4 Å². The summed E-state index contributed by atoms with van der Waals surface area (Å²) in [6.07, 6.45) is 0.172. The van der Waals surface area contributed by atoms with E-state index in [4.69, 9.17) is 14.2 Å². The fourth-order valence-corrected chi connectivity index (χ4v) is 4.30. The Kier molecular flexibility index (Phi) is 9.23. The molecule has 2 aromatic rings. The Morgan fingerprint density at radius 2 is 1.67 bits per heavy atom. The van der Waals surface area contributed by atoms with E-state index >= 15 is 0 Å². The fourth-order valence-electron chi connectivity index (χ4n) is 4.30. The standard InChI is InChI=1S/C27H30N4O8/c1-17(32)29-18-5-7-19(8-6-18)39-16-15-38-14-13-37-12-11-28-21-4-2-3-20-24(21)27(36)31(26(20)35)22-9-10-23(33)30-25(22)34/h2-8,22,28H,9-16H2,1H3,(H,29,32)(H,30,33,34). The number of carbonyl (C=O) groups excluding carboxylic acids is 5. The number of benzene rings is 2. The summed E-state index contributed by atoms with van der Waals surface area (Å²) >= 11 is 0. The van der Waals surface area contributed by atoms with E-state index in [1.54, 1.807) is 42.5 Å². The molecule has 0 spiro atoms. The second kappa shape index (κ2) is 13.0. The molecule has 5 amide bonds. The van der Waals surface area contributed by atoms with E-state index in [0.717, 1.165) is 4.90 Å². The molecular weight excluding hydrogens is 508 g/mol. The van der Waals surface area contributed by atoms with Crippen molar-refractivity contribution in [2.24, 2.45) is 0 Å². The number of hydrogen-bond donors (Lipinski definition) is 3. The molecule has 12 heteroatoms. The molecule has 1 unspecified atom stereocenters. The molecular formula is C27H30N4O8. The van der Waals surface area contributed by atoms with Crippen LogP contribution in [0.4, 0.5) is 11.4 Å². The number of hydrogen-bond acceptors (Lipinski definition) is 9. The Morgan fingerprint density at radius 3 is 2.38 bits per heavy atom. The van der Waals surface area contributed by atoms with Gasteiger partial charge >= 0.3 is 0 Å². The summed E-state index contributed by atoms with van der Waals surface area (Å²) in [5, 5.41) is 7.99. The molecule has 0 aromatic heterocycles. The minimum absolute atomic E-state index is 0.0673. The van der Waals surface area contributed by atoms with Crippen molar-refractivity contribution in [3.63, 3.8) is 0 Å². The molecule has 3 N–H and O–H groups in total. The Balaban J connectivity index is 1.13. The van der Waals surface area contributed by atoms with Gasteiger partial charge in [-0.2, -0.15) is 0 Å². The summed E-state index contributed by atoms with van der Waals surface area (Å²) in [5.74, 6) is -1.64. The third kappa shape index (κ3) is 6.98. The highest BCUT2D eigenvalue weighted by molar-refractivity contribution is 6.25. The lowest BCUT2D eigenvalue weighted by Gasteiger charge is -2.27. The fraction of sp³-hybridized carbons (Fsp3) is 0.370. The molecule has 2 heterocycles. The van der Waals surface area contributed by atoms with Gasteiger partial charge in [0.25, 0.3) is 11.8 Å². The predicted molar refractivity (Wildman–Crippen MR) is 139 cm³/mol. The van der Waals surface area contributed by atoms with Crippen LogP contribution >= 0.6 is 0 Å². The summed E-state index contributed by atoms with van der Waals surface area (Å²) < 4.78 is 16.7. The number of rotatable bonds is 13. The predicted octanol–water partition coefficient (Wildman–Crippen LogP) is 1.57. The zero-order valence-electron chi connectivity index (χ0n) is 21.5. The second-order valence-corrected chi connectivity index (χ2v) is 8.88. The molecule has 0 saturated carbocycles. The normalized spacial score (nSPS) is 16.6. The van der Waals surface area contributed by atoms with E-state index in [0.29, 0.717) is 56.7 Å². The molecule has 1 atom stereocenters. The maximum atomic E-state index is 13.1. The number of carbonyl (C=O) groups is 5. The van der Waals surface area contributed by atoms with Gasteiger partial charge in [-0.1, -0.05) is 6.07 Å². The third-order valence-electron chi connectivity index (χ3n) is 6.07. The molecule has 0 radical (unpaired) electrons. The molecule has 206 valence electrons. The van der Waals surface area contributed by atoms with Crippen LogP contribution in [-0.4, -0.2) is 80.1 Å². The average molecular weight is 539 g/mol. The Morgan fingerprint density at radius 1 is 0.949 bits per heavy atom. The number of nitrogens with one attached hydrogen (secondary N) is 3. The van der Waals surface area contributed by atoms with Crippen molar-refractivity contribution in [1.29, 1.82) is 0 Å². The molecule has 4 rings (SSSR count). The smallest absolute Gasteiger partial charge is 0.264 e. The zero-order chi connectivity index (χ0) is 27.8. The molecule has 12 nitrogen and oxygen atoms in total. The first-order chi connectivity index (χ1) is 18.8. The topological polar surface area (TPSA) is 152 Å². The lowest BCUT2D eigenvalue weighted by atomic mass is 10.0. The number of amides is 5. The highest BCUT2D eigenvalue weighted by Gasteiger charge is 2.45. The Bertz CT molecular complexity index is 1250. The Labute approximate surface area is 225 Å². The summed E-state index contributed by atoms with van der Waals surface area (Å²) in [7, 11) is 0. The van der Waals surface area contributed by atoms with Crippen LogP contribution in [0.5, 0.6) is 5.75 Å². The van der Waals surface area contributed by atoms with Crippen molar-refractivity contribution in [1.82, 2.24) is 10.2 Å². The zero-order valence-corrected chi connectivity index (χ0v) is 21.5. The SMILES string of the molecule is CC(=O)Nc1ccc(OCCOCCOCCNc2cccc3c2C(=O)N(C2CCC(=O)NC2=O)C3=O)cc1. The number of ether oxygens (including phenoxy) is 3. The number of anilines is 2. The summed E-state index contributed by atoms with van der Waals surface area (Å²) in [4.78, 5) is 61.6. The average Bonchev–Trinajstić information content (AvgIpc) is 3.16. The van der Waals surface area contributed by atoms with E-state index in [9.17, 15) is 24.0 Å².